The molecule has 1 N–H and O–H groups in total. The molecule has 1 aliphatic heterocycles. The predicted molar refractivity (Wildman–Crippen MR) is 111 cm³/mol. The second-order valence-corrected chi connectivity index (χ2v) is 7.23. The molecule has 6 heteroatoms. The van der Waals surface area contributed by atoms with E-state index in [4.69, 9.17) is 21.1 Å². The summed E-state index contributed by atoms with van der Waals surface area (Å²) < 4.78 is 10.7. The minimum Gasteiger partial charge on any atom is -0.493 e. The van der Waals surface area contributed by atoms with Gasteiger partial charge in [-0.1, -0.05) is 35.9 Å². The smallest absolute Gasteiger partial charge is 0.246 e. The van der Waals surface area contributed by atoms with E-state index in [0.717, 1.165) is 43.3 Å². The molecule has 5 nitrogen and oxygen atoms in total. The van der Waals surface area contributed by atoms with Gasteiger partial charge in [-0.3, -0.25) is 4.79 Å². The van der Waals surface area contributed by atoms with E-state index in [1.54, 1.807) is 26.4 Å². The van der Waals surface area contributed by atoms with Crippen molar-refractivity contribution in [1.82, 2.24) is 4.90 Å². The molecule has 0 atom stereocenters. The number of carbonyl (C=O) groups is 1. The minimum absolute atomic E-state index is 0.0201. The Bertz CT molecular complexity index is 845. The van der Waals surface area contributed by atoms with E-state index in [9.17, 15) is 4.79 Å². The van der Waals surface area contributed by atoms with Gasteiger partial charge in [-0.2, -0.15) is 0 Å². The number of nitrogens with zero attached hydrogens (tertiary/aromatic N) is 1. The quantitative estimate of drug-likeness (QED) is 0.755. The van der Waals surface area contributed by atoms with E-state index < -0.39 is 0 Å². The fourth-order valence-electron chi connectivity index (χ4n) is 3.47. The van der Waals surface area contributed by atoms with Gasteiger partial charge in [0.2, 0.25) is 5.91 Å². The Hall–Kier alpha value is -2.50. The second kappa shape index (κ2) is 9.62. The minimum atomic E-state index is 0.0201. The molecule has 2 aromatic carbocycles. The zero-order valence-corrected chi connectivity index (χ0v) is 17.0. The van der Waals surface area contributed by atoms with Crippen LogP contribution < -0.4 is 14.4 Å². The third-order valence-corrected chi connectivity index (χ3v) is 5.20. The number of nitrogens with one attached hydrogen (secondary N) is 1. The normalized spacial score (nSPS) is 15.0. The lowest BCUT2D eigenvalue weighted by molar-refractivity contribution is -0.917. The molecule has 0 spiro atoms. The van der Waals surface area contributed by atoms with Gasteiger partial charge in [0.15, 0.2) is 11.5 Å². The highest BCUT2D eigenvalue weighted by molar-refractivity contribution is 6.30. The SMILES string of the molecule is COc1cccc(/C=C/C(=O)N2CC[NH+](Cc3cccc(Cl)c3)CC2)c1OC. The lowest BCUT2D eigenvalue weighted by atomic mass is 10.1. The van der Waals surface area contributed by atoms with Gasteiger partial charge in [0, 0.05) is 22.2 Å². The van der Waals surface area contributed by atoms with E-state index in [2.05, 4.69) is 6.07 Å². The lowest BCUT2D eigenvalue weighted by Crippen LogP contribution is -3.13. The van der Waals surface area contributed by atoms with Crippen molar-refractivity contribution in [1.29, 1.82) is 0 Å². The first-order chi connectivity index (χ1) is 13.6. The van der Waals surface area contributed by atoms with Crippen molar-refractivity contribution in [3.8, 4) is 11.5 Å². The maximum Gasteiger partial charge on any atom is 0.246 e. The molecule has 0 aromatic heterocycles. The summed E-state index contributed by atoms with van der Waals surface area (Å²) >= 11 is 6.07. The van der Waals surface area contributed by atoms with Crippen molar-refractivity contribution >= 4 is 23.6 Å². The third kappa shape index (κ3) is 5.06. The number of hydrogen-bond donors (Lipinski definition) is 1. The summed E-state index contributed by atoms with van der Waals surface area (Å²) in [6.45, 7) is 4.27. The molecule has 0 unspecified atom stereocenters. The number of amides is 1. The van der Waals surface area contributed by atoms with Crippen molar-refractivity contribution in [2.75, 3.05) is 40.4 Å². The Morgan fingerprint density at radius 1 is 1.14 bits per heavy atom. The fraction of sp³-hybridized carbons (Fsp3) is 0.318. The van der Waals surface area contributed by atoms with Crippen LogP contribution >= 0.6 is 11.6 Å². The Morgan fingerprint density at radius 2 is 1.89 bits per heavy atom. The van der Waals surface area contributed by atoms with E-state index in [1.165, 1.54) is 10.5 Å². The number of methoxy groups -OCH3 is 2. The van der Waals surface area contributed by atoms with Crippen LogP contribution in [0.3, 0.4) is 0 Å². The maximum absolute atomic E-state index is 12.6. The summed E-state index contributed by atoms with van der Waals surface area (Å²) in [6, 6.07) is 13.6. The molecule has 1 fully saturated rings. The van der Waals surface area contributed by atoms with Crippen molar-refractivity contribution in [3.63, 3.8) is 0 Å². The topological polar surface area (TPSA) is 43.2 Å². The summed E-state index contributed by atoms with van der Waals surface area (Å²) in [5, 5.41) is 0.767. The highest BCUT2D eigenvalue weighted by Crippen LogP contribution is 2.31. The van der Waals surface area contributed by atoms with Gasteiger partial charge >= 0.3 is 0 Å². The van der Waals surface area contributed by atoms with Crippen molar-refractivity contribution < 1.29 is 19.2 Å². The number of rotatable bonds is 6. The number of halogens is 1. The summed E-state index contributed by atoms with van der Waals surface area (Å²) in [6.07, 6.45) is 3.40. The van der Waals surface area contributed by atoms with E-state index in [0.29, 0.717) is 11.5 Å². The van der Waals surface area contributed by atoms with Gasteiger partial charge in [0.1, 0.15) is 6.54 Å². The first-order valence-electron chi connectivity index (χ1n) is 9.36. The third-order valence-electron chi connectivity index (χ3n) is 4.96. The zero-order chi connectivity index (χ0) is 19.9. The number of ether oxygens (including phenoxy) is 2. The summed E-state index contributed by atoms with van der Waals surface area (Å²) in [7, 11) is 3.20. The fourth-order valence-corrected chi connectivity index (χ4v) is 3.68. The Balaban J connectivity index is 1.56. The maximum atomic E-state index is 12.6. The number of quaternary nitrogens is 1. The van der Waals surface area contributed by atoms with Crippen LogP contribution in [0.25, 0.3) is 6.08 Å². The monoisotopic (exact) mass is 401 g/mol. The molecule has 1 amide bonds. The molecule has 1 saturated heterocycles. The van der Waals surface area contributed by atoms with Crippen LogP contribution in [-0.2, 0) is 11.3 Å². The average Bonchev–Trinajstić information content (AvgIpc) is 2.72. The average molecular weight is 402 g/mol. The van der Waals surface area contributed by atoms with Crippen LogP contribution in [0.5, 0.6) is 11.5 Å². The van der Waals surface area contributed by atoms with Crippen LogP contribution in [0.1, 0.15) is 11.1 Å². The van der Waals surface area contributed by atoms with Crippen molar-refractivity contribution in [3.05, 3.63) is 64.7 Å². The molecule has 3 rings (SSSR count). The molecule has 0 bridgehead atoms. The van der Waals surface area contributed by atoms with Gasteiger partial charge in [0.25, 0.3) is 0 Å². The Labute approximate surface area is 171 Å². The Morgan fingerprint density at radius 3 is 2.57 bits per heavy atom. The number of benzene rings is 2. The molecule has 2 aromatic rings. The molecule has 0 saturated carbocycles. The molecule has 28 heavy (non-hydrogen) atoms. The van der Waals surface area contributed by atoms with Gasteiger partial charge in [-0.15, -0.1) is 0 Å². The number of carbonyl (C=O) groups excluding carboxylic acids is 1. The standard InChI is InChI=1S/C22H25ClN2O3/c1-27-20-8-4-6-18(22(20)28-2)9-10-21(26)25-13-11-24(12-14-25)16-17-5-3-7-19(23)15-17/h3-10,15H,11-14,16H2,1-2H3/p+1/b10-9+. The molecular formula is C22H26ClN2O3+. The van der Waals surface area contributed by atoms with Crippen LogP contribution in [-0.4, -0.2) is 51.2 Å². The highest BCUT2D eigenvalue weighted by atomic mass is 35.5. The van der Waals surface area contributed by atoms with Crippen LogP contribution in [0.2, 0.25) is 5.02 Å². The molecular weight excluding hydrogens is 376 g/mol. The van der Waals surface area contributed by atoms with Gasteiger partial charge in [-0.25, -0.2) is 0 Å². The van der Waals surface area contributed by atoms with Crippen LogP contribution in [0, 0.1) is 0 Å². The molecule has 0 aliphatic carbocycles. The van der Waals surface area contributed by atoms with Crippen molar-refractivity contribution in [2.45, 2.75) is 6.54 Å². The summed E-state index contributed by atoms with van der Waals surface area (Å²) in [4.78, 5) is 15.9. The molecule has 1 aliphatic rings. The van der Waals surface area contributed by atoms with Crippen LogP contribution in [0.15, 0.2) is 48.5 Å². The Kier molecular flexibility index (Phi) is 6.95. The first-order valence-corrected chi connectivity index (χ1v) is 9.74. The van der Waals surface area contributed by atoms with Gasteiger partial charge in [-0.05, 0) is 24.3 Å². The van der Waals surface area contributed by atoms with Gasteiger partial charge < -0.3 is 19.3 Å². The summed E-state index contributed by atoms with van der Waals surface area (Å²) in [5.74, 6) is 1.30. The number of piperazine rings is 1. The molecule has 1 heterocycles. The van der Waals surface area contributed by atoms with Gasteiger partial charge in [0.05, 0.1) is 40.4 Å². The van der Waals surface area contributed by atoms with E-state index >= 15 is 0 Å². The summed E-state index contributed by atoms with van der Waals surface area (Å²) in [5.41, 5.74) is 2.05. The lowest BCUT2D eigenvalue weighted by Gasteiger charge is -2.31. The molecule has 148 valence electrons. The zero-order valence-electron chi connectivity index (χ0n) is 16.3. The molecule has 0 radical (unpaired) electrons. The highest BCUT2D eigenvalue weighted by Gasteiger charge is 2.22. The van der Waals surface area contributed by atoms with E-state index in [1.807, 2.05) is 41.3 Å². The van der Waals surface area contributed by atoms with Crippen LogP contribution in [0.4, 0.5) is 0 Å². The van der Waals surface area contributed by atoms with E-state index in [-0.39, 0.29) is 5.91 Å². The number of hydrogen-bond acceptors (Lipinski definition) is 3. The predicted octanol–water partition coefficient (Wildman–Crippen LogP) is 2.30. The largest absolute Gasteiger partial charge is 0.493 e. The first kappa shape index (κ1) is 20.2. The van der Waals surface area contributed by atoms with Crippen molar-refractivity contribution in [2.24, 2.45) is 0 Å². The number of para-hydroxylation sites is 1. The second-order valence-electron chi connectivity index (χ2n) is 6.80.